The van der Waals surface area contributed by atoms with Gasteiger partial charge >= 0.3 is 6.18 Å². The third kappa shape index (κ3) is 3.26. The Balaban J connectivity index is 2.11. The molecule has 2 aromatic carbocycles. The van der Waals surface area contributed by atoms with E-state index in [0.29, 0.717) is 10.6 Å². The molecule has 124 valence electrons. The van der Waals surface area contributed by atoms with Crippen molar-refractivity contribution in [3.05, 3.63) is 76.2 Å². The van der Waals surface area contributed by atoms with E-state index in [2.05, 4.69) is 5.10 Å². The number of aromatic nitrogens is 2. The van der Waals surface area contributed by atoms with Crippen molar-refractivity contribution in [3.63, 3.8) is 0 Å². The lowest BCUT2D eigenvalue weighted by Crippen LogP contribution is -2.15. The normalized spacial score (nSPS) is 11.7. The molecule has 3 rings (SSSR count). The number of alkyl halides is 3. The van der Waals surface area contributed by atoms with E-state index in [4.69, 9.17) is 0 Å². The first-order valence-electron chi connectivity index (χ1n) is 7.08. The lowest BCUT2D eigenvalue weighted by Gasteiger charge is -2.06. The zero-order valence-corrected chi connectivity index (χ0v) is 13.4. The average Bonchev–Trinajstić information content (AvgIpc) is 2.88. The largest absolute Gasteiger partial charge is 0.434 e. The van der Waals surface area contributed by atoms with Gasteiger partial charge in [-0.3, -0.25) is 9.89 Å². The number of benzene rings is 2. The van der Waals surface area contributed by atoms with Crippen molar-refractivity contribution < 1.29 is 13.2 Å². The van der Waals surface area contributed by atoms with Crippen molar-refractivity contribution in [1.82, 2.24) is 9.78 Å². The van der Waals surface area contributed by atoms with Gasteiger partial charge in [0.2, 0.25) is 0 Å². The second-order valence-corrected chi connectivity index (χ2v) is 6.29. The lowest BCUT2D eigenvalue weighted by atomic mass is 10.2. The highest BCUT2D eigenvalue weighted by atomic mass is 32.2. The first kappa shape index (κ1) is 16.4. The monoisotopic (exact) mass is 350 g/mol. The minimum atomic E-state index is -4.65. The number of aryl methyl sites for hydroxylation is 1. The van der Waals surface area contributed by atoms with Crippen LogP contribution in [0.25, 0.3) is 5.69 Å². The number of aromatic amines is 1. The van der Waals surface area contributed by atoms with E-state index in [-0.39, 0.29) is 4.90 Å². The van der Waals surface area contributed by atoms with E-state index in [1.54, 1.807) is 54.6 Å². The van der Waals surface area contributed by atoms with Crippen LogP contribution in [0, 0.1) is 6.92 Å². The van der Waals surface area contributed by atoms with E-state index < -0.39 is 17.4 Å². The standard InChI is InChI=1S/C17H13F3N2OS/c1-11-7-9-13(10-8-11)24-14-15(17(18,19)20)21-22(16(14)23)12-5-3-2-4-6-12/h2-10,21H,1H3. The molecule has 7 heteroatoms. The number of hydrogen-bond donors (Lipinski definition) is 1. The Morgan fingerprint density at radius 2 is 1.62 bits per heavy atom. The van der Waals surface area contributed by atoms with Gasteiger partial charge in [-0.05, 0) is 31.2 Å². The van der Waals surface area contributed by atoms with Crippen molar-refractivity contribution in [3.8, 4) is 5.69 Å². The molecule has 0 bridgehead atoms. The van der Waals surface area contributed by atoms with Gasteiger partial charge in [0.15, 0.2) is 5.69 Å². The Morgan fingerprint density at radius 1 is 1.00 bits per heavy atom. The third-order valence-corrected chi connectivity index (χ3v) is 4.48. The minimum absolute atomic E-state index is 0.351. The molecule has 0 unspecified atom stereocenters. The van der Waals surface area contributed by atoms with Gasteiger partial charge < -0.3 is 0 Å². The number of halogens is 3. The molecule has 1 N–H and O–H groups in total. The number of nitrogens with zero attached hydrogens (tertiary/aromatic N) is 1. The zero-order valence-electron chi connectivity index (χ0n) is 12.6. The summed E-state index contributed by atoms with van der Waals surface area (Å²) in [6.45, 7) is 1.88. The van der Waals surface area contributed by atoms with E-state index in [9.17, 15) is 18.0 Å². The van der Waals surface area contributed by atoms with Crippen molar-refractivity contribution in [1.29, 1.82) is 0 Å². The quantitative estimate of drug-likeness (QED) is 0.747. The fourth-order valence-electron chi connectivity index (χ4n) is 2.19. The topological polar surface area (TPSA) is 37.8 Å². The highest BCUT2D eigenvalue weighted by Gasteiger charge is 2.38. The first-order valence-corrected chi connectivity index (χ1v) is 7.90. The SMILES string of the molecule is Cc1ccc(Sc2c(C(F)(F)F)[nH]n(-c3ccccc3)c2=O)cc1. The molecule has 3 aromatic rings. The van der Waals surface area contributed by atoms with Gasteiger partial charge in [-0.1, -0.05) is 47.7 Å². The van der Waals surface area contributed by atoms with Gasteiger partial charge in [-0.15, -0.1) is 0 Å². The smallest absolute Gasteiger partial charge is 0.285 e. The number of para-hydroxylation sites is 1. The van der Waals surface area contributed by atoms with Gasteiger partial charge in [0.05, 0.1) is 5.69 Å². The van der Waals surface area contributed by atoms with E-state index in [1.807, 2.05) is 6.92 Å². The number of nitrogens with one attached hydrogen (secondary N) is 1. The molecule has 0 atom stereocenters. The Hall–Kier alpha value is -2.41. The number of H-pyrrole nitrogens is 1. The molecular weight excluding hydrogens is 337 g/mol. The third-order valence-electron chi connectivity index (χ3n) is 3.39. The molecule has 0 fully saturated rings. The Morgan fingerprint density at radius 3 is 2.21 bits per heavy atom. The predicted octanol–water partition coefficient (Wildman–Crippen LogP) is 4.64. The highest BCUT2D eigenvalue weighted by molar-refractivity contribution is 7.99. The zero-order chi connectivity index (χ0) is 17.3. The van der Waals surface area contributed by atoms with Crippen LogP contribution in [0.5, 0.6) is 0 Å². The van der Waals surface area contributed by atoms with Crippen molar-refractivity contribution in [2.75, 3.05) is 0 Å². The summed E-state index contributed by atoms with van der Waals surface area (Å²) in [5.41, 5.74) is -0.420. The molecule has 1 aromatic heterocycles. The summed E-state index contributed by atoms with van der Waals surface area (Å²) >= 11 is 0.807. The van der Waals surface area contributed by atoms with E-state index in [1.165, 1.54) is 0 Å². The Labute approximate surface area is 140 Å². The maximum absolute atomic E-state index is 13.3. The summed E-state index contributed by atoms with van der Waals surface area (Å²) in [5, 5.41) is 2.20. The molecular formula is C17H13F3N2OS. The van der Waals surface area contributed by atoms with Gasteiger partial charge in [-0.25, -0.2) is 4.68 Å². The van der Waals surface area contributed by atoms with Crippen molar-refractivity contribution in [2.45, 2.75) is 22.9 Å². The molecule has 24 heavy (non-hydrogen) atoms. The molecule has 0 aliphatic rings. The summed E-state index contributed by atoms with van der Waals surface area (Å²) in [4.78, 5) is 12.7. The van der Waals surface area contributed by atoms with E-state index >= 15 is 0 Å². The molecule has 0 amide bonds. The highest BCUT2D eigenvalue weighted by Crippen LogP contribution is 2.37. The van der Waals surface area contributed by atoms with Crippen LogP contribution in [-0.4, -0.2) is 9.78 Å². The fraction of sp³-hybridized carbons (Fsp3) is 0.118. The Bertz CT molecular complexity index is 896. The van der Waals surface area contributed by atoms with Crippen LogP contribution in [0.2, 0.25) is 0 Å². The summed E-state index contributed by atoms with van der Waals surface area (Å²) in [6, 6.07) is 15.1. The van der Waals surface area contributed by atoms with Crippen LogP contribution in [0.3, 0.4) is 0 Å². The minimum Gasteiger partial charge on any atom is -0.285 e. The van der Waals surface area contributed by atoms with Gasteiger partial charge in [0.1, 0.15) is 4.90 Å². The maximum atomic E-state index is 13.3. The predicted molar refractivity (Wildman–Crippen MR) is 86.7 cm³/mol. The second-order valence-electron chi connectivity index (χ2n) is 5.20. The molecule has 1 heterocycles. The summed E-state index contributed by atoms with van der Waals surface area (Å²) in [5.74, 6) is 0. The molecule has 0 saturated heterocycles. The number of hydrogen-bond acceptors (Lipinski definition) is 2. The Kier molecular flexibility index (Phi) is 4.28. The van der Waals surface area contributed by atoms with Crippen molar-refractivity contribution in [2.24, 2.45) is 0 Å². The van der Waals surface area contributed by atoms with Gasteiger partial charge in [-0.2, -0.15) is 13.2 Å². The van der Waals surface area contributed by atoms with Crippen LogP contribution in [0.1, 0.15) is 11.3 Å². The van der Waals surface area contributed by atoms with E-state index in [0.717, 1.165) is 22.0 Å². The molecule has 0 aliphatic heterocycles. The molecule has 0 radical (unpaired) electrons. The van der Waals surface area contributed by atoms with Crippen LogP contribution >= 0.6 is 11.8 Å². The molecule has 0 aliphatic carbocycles. The maximum Gasteiger partial charge on any atom is 0.434 e. The first-order chi connectivity index (χ1) is 11.4. The van der Waals surface area contributed by atoms with Crippen molar-refractivity contribution >= 4 is 11.8 Å². The lowest BCUT2D eigenvalue weighted by molar-refractivity contribution is -0.143. The van der Waals surface area contributed by atoms with Crippen LogP contribution in [-0.2, 0) is 6.18 Å². The summed E-state index contributed by atoms with van der Waals surface area (Å²) in [6.07, 6.45) is -4.65. The molecule has 3 nitrogen and oxygen atoms in total. The van der Waals surface area contributed by atoms with Gasteiger partial charge in [0, 0.05) is 4.90 Å². The van der Waals surface area contributed by atoms with Crippen LogP contribution < -0.4 is 5.56 Å². The number of rotatable bonds is 3. The second kappa shape index (κ2) is 6.24. The summed E-state index contributed by atoms with van der Waals surface area (Å²) in [7, 11) is 0. The van der Waals surface area contributed by atoms with Crippen LogP contribution in [0.4, 0.5) is 13.2 Å². The molecule has 0 spiro atoms. The molecule has 0 saturated carbocycles. The fourth-order valence-corrected chi connectivity index (χ4v) is 3.14. The van der Waals surface area contributed by atoms with Gasteiger partial charge in [0.25, 0.3) is 5.56 Å². The average molecular weight is 350 g/mol. The summed E-state index contributed by atoms with van der Waals surface area (Å²) < 4.78 is 40.9. The van der Waals surface area contributed by atoms with Crippen LogP contribution in [0.15, 0.2) is 69.2 Å².